The lowest BCUT2D eigenvalue weighted by molar-refractivity contribution is 0.0546. The van der Waals surface area contributed by atoms with Crippen molar-refractivity contribution in [1.29, 1.82) is 0 Å². The molecule has 0 spiro atoms. The molecule has 3 rings (SSSR count). The largest absolute Gasteiger partial charge is 0.381 e. The molecular formula is C16H27N3O. The Labute approximate surface area is 121 Å². The monoisotopic (exact) mass is 277 g/mol. The van der Waals surface area contributed by atoms with Crippen LogP contribution in [0.25, 0.3) is 0 Å². The second kappa shape index (κ2) is 6.72. The van der Waals surface area contributed by atoms with Crippen LogP contribution in [0.1, 0.15) is 50.3 Å². The van der Waals surface area contributed by atoms with Crippen LogP contribution in [0.2, 0.25) is 0 Å². The van der Waals surface area contributed by atoms with Crippen LogP contribution >= 0.6 is 0 Å². The van der Waals surface area contributed by atoms with Gasteiger partial charge in [0.25, 0.3) is 0 Å². The molecule has 0 radical (unpaired) electrons. The van der Waals surface area contributed by atoms with E-state index in [-0.39, 0.29) is 0 Å². The summed E-state index contributed by atoms with van der Waals surface area (Å²) in [5.41, 5.74) is 1.24. The van der Waals surface area contributed by atoms with Crippen molar-refractivity contribution in [2.45, 2.75) is 57.0 Å². The second-order valence-corrected chi connectivity index (χ2v) is 6.27. The molecule has 0 bridgehead atoms. The first kappa shape index (κ1) is 14.1. The molecule has 1 saturated carbocycles. The molecule has 2 aliphatic rings. The molecule has 4 heteroatoms. The molecule has 1 atom stereocenters. The number of likely N-dealkylation sites (N-methyl/N-ethyl adjacent to an activating group) is 1. The van der Waals surface area contributed by atoms with Crippen molar-refractivity contribution in [3.8, 4) is 0 Å². The summed E-state index contributed by atoms with van der Waals surface area (Å²) in [6, 6.07) is 3.40. The van der Waals surface area contributed by atoms with Gasteiger partial charge in [-0.3, -0.25) is 4.68 Å². The maximum Gasteiger partial charge on any atom is 0.0640 e. The highest BCUT2D eigenvalue weighted by Gasteiger charge is 2.24. The van der Waals surface area contributed by atoms with Gasteiger partial charge in [-0.05, 0) is 44.7 Å². The maximum absolute atomic E-state index is 5.47. The molecule has 1 N–H and O–H groups in total. The highest BCUT2D eigenvalue weighted by molar-refractivity contribution is 5.03. The summed E-state index contributed by atoms with van der Waals surface area (Å²) in [6.45, 7) is 1.83. The Morgan fingerprint density at radius 2 is 2.05 bits per heavy atom. The topological polar surface area (TPSA) is 39.1 Å². The average Bonchev–Trinajstić information content (AvgIpc) is 3.16. The smallest absolute Gasteiger partial charge is 0.0640 e. The molecule has 20 heavy (non-hydrogen) atoms. The molecule has 4 nitrogen and oxygen atoms in total. The molecule has 1 unspecified atom stereocenters. The van der Waals surface area contributed by atoms with E-state index < -0.39 is 0 Å². The first-order chi connectivity index (χ1) is 9.86. The van der Waals surface area contributed by atoms with Gasteiger partial charge in [0.2, 0.25) is 0 Å². The summed E-state index contributed by atoms with van der Waals surface area (Å²) in [7, 11) is 2.08. The second-order valence-electron chi connectivity index (χ2n) is 6.27. The third-order valence-corrected chi connectivity index (χ3v) is 5.00. The highest BCUT2D eigenvalue weighted by atomic mass is 16.5. The van der Waals surface area contributed by atoms with Crippen LogP contribution in [0.4, 0.5) is 0 Å². The minimum Gasteiger partial charge on any atom is -0.381 e. The normalized spacial score (nSPS) is 23.2. The van der Waals surface area contributed by atoms with E-state index in [1.54, 1.807) is 0 Å². The van der Waals surface area contributed by atoms with Crippen molar-refractivity contribution >= 4 is 0 Å². The van der Waals surface area contributed by atoms with E-state index in [0.717, 1.165) is 25.6 Å². The van der Waals surface area contributed by atoms with Crippen molar-refractivity contribution in [1.82, 2.24) is 15.1 Å². The molecule has 1 aliphatic carbocycles. The summed E-state index contributed by atoms with van der Waals surface area (Å²) in [6.07, 6.45) is 10.9. The van der Waals surface area contributed by atoms with E-state index in [1.807, 2.05) is 0 Å². The lowest BCUT2D eigenvalue weighted by Gasteiger charge is -2.29. The summed E-state index contributed by atoms with van der Waals surface area (Å²) in [5.74, 6) is 0.727. The average molecular weight is 277 g/mol. The molecule has 2 heterocycles. The first-order valence-corrected chi connectivity index (χ1v) is 8.16. The van der Waals surface area contributed by atoms with Gasteiger partial charge in [0, 0.05) is 31.9 Å². The summed E-state index contributed by atoms with van der Waals surface area (Å²) < 4.78 is 7.68. The fourth-order valence-corrected chi connectivity index (χ4v) is 3.71. The Morgan fingerprint density at radius 3 is 2.75 bits per heavy atom. The Bertz CT molecular complexity index is 406. The fourth-order valence-electron chi connectivity index (χ4n) is 3.71. The van der Waals surface area contributed by atoms with Crippen molar-refractivity contribution in [3.05, 3.63) is 18.0 Å². The number of aromatic nitrogens is 2. The van der Waals surface area contributed by atoms with Crippen molar-refractivity contribution in [3.63, 3.8) is 0 Å². The quantitative estimate of drug-likeness (QED) is 0.899. The van der Waals surface area contributed by atoms with E-state index in [0.29, 0.717) is 12.1 Å². The third kappa shape index (κ3) is 3.23. The highest BCUT2D eigenvalue weighted by Crippen LogP contribution is 2.29. The fraction of sp³-hybridized carbons (Fsp3) is 0.812. The van der Waals surface area contributed by atoms with Gasteiger partial charge in [-0.1, -0.05) is 12.8 Å². The summed E-state index contributed by atoms with van der Waals surface area (Å²) in [5, 5.41) is 8.31. The molecule has 0 aromatic carbocycles. The lowest BCUT2D eigenvalue weighted by atomic mass is 9.89. The lowest BCUT2D eigenvalue weighted by Crippen LogP contribution is -2.38. The third-order valence-electron chi connectivity index (χ3n) is 5.00. The molecule has 0 amide bonds. The van der Waals surface area contributed by atoms with Gasteiger partial charge >= 0.3 is 0 Å². The zero-order valence-corrected chi connectivity index (χ0v) is 12.6. The Morgan fingerprint density at radius 1 is 1.30 bits per heavy atom. The van der Waals surface area contributed by atoms with Gasteiger partial charge in [0.1, 0.15) is 0 Å². The van der Waals surface area contributed by atoms with E-state index in [4.69, 9.17) is 9.84 Å². The van der Waals surface area contributed by atoms with Crippen LogP contribution in [0.3, 0.4) is 0 Å². The van der Waals surface area contributed by atoms with Crippen molar-refractivity contribution in [2.24, 2.45) is 5.92 Å². The molecule has 1 aliphatic heterocycles. The summed E-state index contributed by atoms with van der Waals surface area (Å²) >= 11 is 0. The minimum absolute atomic E-state index is 0.533. The van der Waals surface area contributed by atoms with E-state index >= 15 is 0 Å². The number of rotatable bonds is 5. The molecule has 2 fully saturated rings. The number of hydrogen-bond acceptors (Lipinski definition) is 3. The number of ether oxygens (including phenoxy) is 1. The number of hydrogen-bond donors (Lipinski definition) is 1. The summed E-state index contributed by atoms with van der Waals surface area (Å²) in [4.78, 5) is 0. The van der Waals surface area contributed by atoms with E-state index in [2.05, 4.69) is 29.3 Å². The zero-order valence-electron chi connectivity index (χ0n) is 12.6. The van der Waals surface area contributed by atoms with Crippen molar-refractivity contribution < 1.29 is 4.74 Å². The van der Waals surface area contributed by atoms with Gasteiger partial charge < -0.3 is 10.1 Å². The number of nitrogens with zero attached hydrogens (tertiary/aromatic N) is 2. The van der Waals surface area contributed by atoms with Gasteiger partial charge in [0.05, 0.1) is 11.7 Å². The standard InChI is InChI=1S/C16H27N3O/c1-17-16(13-7-10-20-11-8-13)12-14-6-9-19(18-14)15-4-2-3-5-15/h6,9,13,15-17H,2-5,7-8,10-12H2,1H3. The van der Waals surface area contributed by atoms with Gasteiger partial charge in [0.15, 0.2) is 0 Å². The molecular weight excluding hydrogens is 250 g/mol. The molecule has 1 aromatic heterocycles. The van der Waals surface area contributed by atoms with Gasteiger partial charge in [-0.25, -0.2) is 0 Å². The minimum atomic E-state index is 0.533. The van der Waals surface area contributed by atoms with Gasteiger partial charge in [-0.2, -0.15) is 5.10 Å². The Balaban J connectivity index is 1.60. The van der Waals surface area contributed by atoms with Crippen LogP contribution in [0.5, 0.6) is 0 Å². The Hall–Kier alpha value is -0.870. The van der Waals surface area contributed by atoms with Crippen LogP contribution in [0.15, 0.2) is 12.3 Å². The van der Waals surface area contributed by atoms with Crippen LogP contribution < -0.4 is 5.32 Å². The van der Waals surface area contributed by atoms with Crippen LogP contribution in [-0.4, -0.2) is 36.1 Å². The van der Waals surface area contributed by atoms with E-state index in [9.17, 15) is 0 Å². The predicted octanol–water partition coefficient (Wildman–Crippen LogP) is 2.56. The van der Waals surface area contributed by atoms with E-state index in [1.165, 1.54) is 44.2 Å². The van der Waals surface area contributed by atoms with Crippen LogP contribution in [0, 0.1) is 5.92 Å². The maximum atomic E-state index is 5.47. The Kier molecular flexibility index (Phi) is 4.73. The zero-order chi connectivity index (χ0) is 13.8. The van der Waals surface area contributed by atoms with Crippen LogP contribution in [-0.2, 0) is 11.2 Å². The molecule has 1 saturated heterocycles. The predicted molar refractivity (Wildman–Crippen MR) is 79.8 cm³/mol. The number of nitrogens with one attached hydrogen (secondary N) is 1. The molecule has 1 aromatic rings. The van der Waals surface area contributed by atoms with Crippen molar-refractivity contribution in [2.75, 3.05) is 20.3 Å². The van der Waals surface area contributed by atoms with Gasteiger partial charge in [-0.15, -0.1) is 0 Å². The molecule has 112 valence electrons. The first-order valence-electron chi connectivity index (χ1n) is 8.16. The SMILES string of the molecule is CNC(Cc1ccn(C2CCCC2)n1)C1CCOCC1.